The maximum Gasteiger partial charge on any atom is 0.241 e. The molecule has 26 heavy (non-hydrogen) atoms. The summed E-state index contributed by atoms with van der Waals surface area (Å²) in [6.45, 7) is 8.57. The van der Waals surface area contributed by atoms with Crippen molar-refractivity contribution in [3.05, 3.63) is 36.7 Å². The summed E-state index contributed by atoms with van der Waals surface area (Å²) in [5, 5.41) is 9.45. The van der Waals surface area contributed by atoms with Crippen LogP contribution in [0.1, 0.15) is 19.3 Å². The lowest BCUT2D eigenvalue weighted by molar-refractivity contribution is -0.121. The van der Waals surface area contributed by atoms with E-state index < -0.39 is 0 Å². The minimum Gasteiger partial charge on any atom is -0.495 e. The zero-order valence-corrected chi connectivity index (χ0v) is 16.4. The van der Waals surface area contributed by atoms with Gasteiger partial charge < -0.3 is 14.9 Å². The average molecular weight is 376 g/mol. The first kappa shape index (κ1) is 19.1. The standard InChI is InChI=1S/C20H29N3O2S/c1-16(24)22-11-8-17(9-12-22)7-10-21-13-14-23(20(25)15-21)18-3-5-19(26-2)6-4-18/h3-6,17,24H,1,7-15H2,2H3. The lowest BCUT2D eigenvalue weighted by atomic mass is 9.93. The number of carbonyl (C=O) groups excluding carboxylic acids is 1. The van der Waals surface area contributed by atoms with Crippen molar-refractivity contribution in [2.24, 2.45) is 5.92 Å². The zero-order valence-electron chi connectivity index (χ0n) is 15.6. The van der Waals surface area contributed by atoms with Crippen LogP contribution in [-0.4, -0.2) is 66.3 Å². The van der Waals surface area contributed by atoms with E-state index in [0.717, 1.165) is 57.7 Å². The van der Waals surface area contributed by atoms with E-state index in [-0.39, 0.29) is 11.8 Å². The highest BCUT2D eigenvalue weighted by molar-refractivity contribution is 7.98. The van der Waals surface area contributed by atoms with Gasteiger partial charge in [0.1, 0.15) is 0 Å². The van der Waals surface area contributed by atoms with Crippen LogP contribution < -0.4 is 4.90 Å². The van der Waals surface area contributed by atoms with Gasteiger partial charge in [0.2, 0.25) is 5.91 Å². The summed E-state index contributed by atoms with van der Waals surface area (Å²) < 4.78 is 0. The number of likely N-dealkylation sites (tertiary alicyclic amines) is 1. The fourth-order valence-corrected chi connectivity index (χ4v) is 4.20. The van der Waals surface area contributed by atoms with E-state index in [1.54, 1.807) is 11.8 Å². The van der Waals surface area contributed by atoms with Crippen molar-refractivity contribution in [2.45, 2.75) is 24.2 Å². The smallest absolute Gasteiger partial charge is 0.241 e. The van der Waals surface area contributed by atoms with Gasteiger partial charge in [0.05, 0.1) is 6.54 Å². The number of rotatable bonds is 6. The van der Waals surface area contributed by atoms with E-state index >= 15 is 0 Å². The minimum absolute atomic E-state index is 0.190. The van der Waals surface area contributed by atoms with Crippen LogP contribution in [0.2, 0.25) is 0 Å². The van der Waals surface area contributed by atoms with Crippen LogP contribution in [0.4, 0.5) is 5.69 Å². The molecular weight excluding hydrogens is 346 g/mol. The fraction of sp³-hybridized carbons (Fsp3) is 0.550. The van der Waals surface area contributed by atoms with E-state index in [0.29, 0.717) is 12.5 Å². The summed E-state index contributed by atoms with van der Waals surface area (Å²) in [5.74, 6) is 1.06. The second-order valence-electron chi connectivity index (χ2n) is 7.15. The summed E-state index contributed by atoms with van der Waals surface area (Å²) in [6.07, 6.45) is 5.37. The molecule has 142 valence electrons. The van der Waals surface area contributed by atoms with Gasteiger partial charge in [-0.1, -0.05) is 0 Å². The van der Waals surface area contributed by atoms with E-state index in [1.165, 1.54) is 4.90 Å². The molecule has 2 aliphatic rings. The van der Waals surface area contributed by atoms with Gasteiger partial charge in [-0.15, -0.1) is 11.8 Å². The van der Waals surface area contributed by atoms with Gasteiger partial charge in [-0.25, -0.2) is 0 Å². The first-order valence-corrected chi connectivity index (χ1v) is 10.6. The molecule has 2 heterocycles. The number of aliphatic hydroxyl groups is 1. The van der Waals surface area contributed by atoms with Gasteiger partial charge in [0.25, 0.3) is 0 Å². The number of benzene rings is 1. The Morgan fingerprint density at radius 1 is 1.19 bits per heavy atom. The molecular formula is C20H29N3O2S. The van der Waals surface area contributed by atoms with E-state index in [4.69, 9.17) is 0 Å². The Bertz CT molecular complexity index is 626. The Labute approximate surface area is 160 Å². The Balaban J connectivity index is 1.44. The fourth-order valence-electron chi connectivity index (χ4n) is 3.79. The number of amides is 1. The van der Waals surface area contributed by atoms with Crippen LogP contribution in [0, 0.1) is 5.92 Å². The highest BCUT2D eigenvalue weighted by atomic mass is 32.2. The number of anilines is 1. The number of carbonyl (C=O) groups is 1. The normalized spacial score (nSPS) is 19.8. The number of nitrogens with zero attached hydrogens (tertiary/aromatic N) is 3. The summed E-state index contributed by atoms with van der Waals surface area (Å²) in [7, 11) is 0. The van der Waals surface area contributed by atoms with Gasteiger partial charge in [0.15, 0.2) is 5.88 Å². The third kappa shape index (κ3) is 4.74. The van der Waals surface area contributed by atoms with Crippen molar-refractivity contribution in [1.82, 2.24) is 9.80 Å². The Morgan fingerprint density at radius 2 is 1.88 bits per heavy atom. The molecule has 2 saturated heterocycles. The summed E-state index contributed by atoms with van der Waals surface area (Å²) >= 11 is 1.71. The van der Waals surface area contributed by atoms with Crippen LogP contribution in [0.5, 0.6) is 0 Å². The third-order valence-electron chi connectivity index (χ3n) is 5.52. The quantitative estimate of drug-likeness (QED) is 0.611. The number of piperidine rings is 1. The van der Waals surface area contributed by atoms with Crippen molar-refractivity contribution in [3.63, 3.8) is 0 Å². The molecule has 6 heteroatoms. The second-order valence-corrected chi connectivity index (χ2v) is 8.03. The molecule has 0 atom stereocenters. The number of aliphatic hydroxyl groups excluding tert-OH is 1. The van der Waals surface area contributed by atoms with Crippen LogP contribution in [0.3, 0.4) is 0 Å². The monoisotopic (exact) mass is 375 g/mol. The highest BCUT2D eigenvalue weighted by Gasteiger charge is 2.26. The van der Waals surface area contributed by atoms with Gasteiger partial charge in [0, 0.05) is 36.8 Å². The maximum absolute atomic E-state index is 12.6. The molecule has 0 radical (unpaired) electrons. The Kier molecular flexibility index (Phi) is 6.48. The van der Waals surface area contributed by atoms with Crippen molar-refractivity contribution in [1.29, 1.82) is 0 Å². The van der Waals surface area contributed by atoms with Crippen LogP contribution >= 0.6 is 11.8 Å². The molecule has 3 rings (SSSR count). The molecule has 2 aliphatic heterocycles. The third-order valence-corrected chi connectivity index (χ3v) is 6.26. The molecule has 0 unspecified atom stereocenters. The highest BCUT2D eigenvalue weighted by Crippen LogP contribution is 2.24. The van der Waals surface area contributed by atoms with Crippen molar-refractivity contribution >= 4 is 23.4 Å². The molecule has 1 aromatic carbocycles. The average Bonchev–Trinajstić information content (AvgIpc) is 2.67. The van der Waals surface area contributed by atoms with Crippen molar-refractivity contribution < 1.29 is 9.90 Å². The largest absolute Gasteiger partial charge is 0.495 e. The predicted octanol–water partition coefficient (Wildman–Crippen LogP) is 3.19. The van der Waals surface area contributed by atoms with Crippen LogP contribution in [0.15, 0.2) is 41.6 Å². The molecule has 0 aromatic heterocycles. The lowest BCUT2D eigenvalue weighted by Crippen LogP contribution is -2.51. The van der Waals surface area contributed by atoms with Gasteiger partial charge in [-0.3, -0.25) is 9.69 Å². The minimum atomic E-state index is 0.190. The molecule has 5 nitrogen and oxygen atoms in total. The zero-order chi connectivity index (χ0) is 18.5. The topological polar surface area (TPSA) is 47.0 Å². The van der Waals surface area contributed by atoms with Crippen LogP contribution in [-0.2, 0) is 4.79 Å². The van der Waals surface area contributed by atoms with E-state index in [2.05, 4.69) is 29.9 Å². The SMILES string of the molecule is C=C(O)N1CCC(CCN2CCN(c3ccc(SC)cc3)C(=O)C2)CC1. The molecule has 1 amide bonds. The number of hydrogen-bond acceptors (Lipinski definition) is 5. The molecule has 1 N–H and O–H groups in total. The molecule has 1 aromatic rings. The first-order chi connectivity index (χ1) is 12.6. The predicted molar refractivity (Wildman–Crippen MR) is 108 cm³/mol. The number of piperazine rings is 1. The second kappa shape index (κ2) is 8.82. The summed E-state index contributed by atoms with van der Waals surface area (Å²) in [6, 6.07) is 8.24. The van der Waals surface area contributed by atoms with E-state index in [9.17, 15) is 9.90 Å². The van der Waals surface area contributed by atoms with Gasteiger partial charge >= 0.3 is 0 Å². The van der Waals surface area contributed by atoms with Gasteiger partial charge in [-0.05, 0) is 68.8 Å². The molecule has 0 bridgehead atoms. The first-order valence-electron chi connectivity index (χ1n) is 9.36. The maximum atomic E-state index is 12.6. The number of hydrogen-bond donors (Lipinski definition) is 1. The van der Waals surface area contributed by atoms with Crippen LogP contribution in [0.25, 0.3) is 0 Å². The lowest BCUT2D eigenvalue weighted by Gasteiger charge is -2.36. The van der Waals surface area contributed by atoms with Crippen molar-refractivity contribution in [3.8, 4) is 0 Å². The van der Waals surface area contributed by atoms with Gasteiger partial charge in [-0.2, -0.15) is 0 Å². The molecule has 2 fully saturated rings. The Hall–Kier alpha value is -1.66. The molecule has 0 spiro atoms. The van der Waals surface area contributed by atoms with E-state index in [1.807, 2.05) is 21.9 Å². The Morgan fingerprint density at radius 3 is 2.46 bits per heavy atom. The molecule has 0 saturated carbocycles. The molecule has 0 aliphatic carbocycles. The summed E-state index contributed by atoms with van der Waals surface area (Å²) in [4.78, 5) is 19.9. The van der Waals surface area contributed by atoms with Crippen molar-refractivity contribution in [2.75, 3.05) is 50.4 Å². The number of thioether (sulfide) groups is 1. The summed E-state index contributed by atoms with van der Waals surface area (Å²) in [5.41, 5.74) is 1.00.